The smallest absolute Gasteiger partial charge is 0.126 e. The SMILES string of the molecule is COc1ccccc1/C=C/[Si]c1ccccc1. The predicted molar refractivity (Wildman–Crippen MR) is 73.9 cm³/mol. The van der Waals surface area contributed by atoms with E-state index in [1.54, 1.807) is 7.11 Å². The fraction of sp³-hybridized carbons (Fsp3) is 0.0667. The molecule has 2 rings (SSSR count). The summed E-state index contributed by atoms with van der Waals surface area (Å²) in [5.41, 5.74) is 3.31. The Hall–Kier alpha value is -1.80. The summed E-state index contributed by atoms with van der Waals surface area (Å²) in [6.07, 6.45) is 2.12. The average molecular weight is 238 g/mol. The number of hydrogen-bond donors (Lipinski definition) is 0. The first-order chi connectivity index (χ1) is 8.40. The molecule has 0 aliphatic rings. The van der Waals surface area contributed by atoms with Gasteiger partial charge in [0.05, 0.1) is 7.11 Å². The van der Waals surface area contributed by atoms with Gasteiger partial charge in [-0.3, -0.25) is 0 Å². The average Bonchev–Trinajstić information content (AvgIpc) is 2.40. The lowest BCUT2D eigenvalue weighted by molar-refractivity contribution is 0.414. The Labute approximate surface area is 105 Å². The number of hydrogen-bond acceptors (Lipinski definition) is 1. The van der Waals surface area contributed by atoms with Crippen LogP contribution in [0.4, 0.5) is 0 Å². The van der Waals surface area contributed by atoms with Crippen LogP contribution in [0.25, 0.3) is 6.08 Å². The maximum absolute atomic E-state index is 5.30. The molecule has 17 heavy (non-hydrogen) atoms. The molecule has 84 valence electrons. The molecule has 2 radical (unpaired) electrons. The van der Waals surface area contributed by atoms with E-state index in [0.29, 0.717) is 9.52 Å². The minimum atomic E-state index is 0.692. The molecule has 2 aromatic rings. The fourth-order valence-corrected chi connectivity index (χ4v) is 2.41. The molecule has 0 fully saturated rings. The third-order valence-corrected chi connectivity index (χ3v) is 3.43. The Bertz CT molecular complexity index is 491. The highest BCUT2D eigenvalue weighted by Crippen LogP contribution is 2.18. The molecule has 2 aromatic carbocycles. The standard InChI is InChI=1S/C15H14OSi/c1-16-15-10-6-5-7-13(15)11-12-17-14-8-3-2-4-9-14/h2-12H,1H3/b12-11+. The van der Waals surface area contributed by atoms with E-state index in [1.165, 1.54) is 5.19 Å². The zero-order chi connectivity index (χ0) is 11.9. The lowest BCUT2D eigenvalue weighted by atomic mass is 10.2. The van der Waals surface area contributed by atoms with Gasteiger partial charge in [0, 0.05) is 5.56 Å². The molecule has 1 nitrogen and oxygen atoms in total. The van der Waals surface area contributed by atoms with Gasteiger partial charge in [0.2, 0.25) is 0 Å². The summed E-state index contributed by atoms with van der Waals surface area (Å²) in [7, 11) is 2.39. The van der Waals surface area contributed by atoms with Gasteiger partial charge >= 0.3 is 0 Å². The first kappa shape index (κ1) is 11.7. The third-order valence-electron chi connectivity index (χ3n) is 2.43. The van der Waals surface area contributed by atoms with Crippen molar-refractivity contribution in [1.29, 1.82) is 0 Å². The number of rotatable bonds is 4. The number of para-hydroxylation sites is 1. The Morgan fingerprint density at radius 3 is 2.41 bits per heavy atom. The van der Waals surface area contributed by atoms with Crippen molar-refractivity contribution < 1.29 is 4.74 Å². The molecule has 0 aromatic heterocycles. The van der Waals surface area contributed by atoms with Crippen LogP contribution in [-0.4, -0.2) is 16.6 Å². The van der Waals surface area contributed by atoms with Crippen LogP contribution < -0.4 is 9.92 Å². The Morgan fingerprint density at radius 2 is 1.65 bits per heavy atom. The zero-order valence-electron chi connectivity index (χ0n) is 9.76. The molecule has 0 amide bonds. The fourth-order valence-electron chi connectivity index (χ4n) is 1.57. The molecule has 0 saturated carbocycles. The molecule has 0 spiro atoms. The summed E-state index contributed by atoms with van der Waals surface area (Å²) in [4.78, 5) is 0. The monoisotopic (exact) mass is 238 g/mol. The second-order valence-electron chi connectivity index (χ2n) is 3.59. The Balaban J connectivity index is 2.06. The van der Waals surface area contributed by atoms with Crippen LogP contribution in [0.3, 0.4) is 0 Å². The highest BCUT2D eigenvalue weighted by atomic mass is 28.2. The van der Waals surface area contributed by atoms with Crippen molar-refractivity contribution in [3.8, 4) is 5.75 Å². The third kappa shape index (κ3) is 3.33. The second-order valence-corrected chi connectivity index (χ2v) is 4.79. The van der Waals surface area contributed by atoms with Gasteiger partial charge in [-0.1, -0.05) is 65.5 Å². The molecule has 0 aliphatic carbocycles. The van der Waals surface area contributed by atoms with Gasteiger partial charge in [0.1, 0.15) is 15.3 Å². The van der Waals surface area contributed by atoms with Gasteiger partial charge in [-0.25, -0.2) is 0 Å². The molecule has 0 atom stereocenters. The van der Waals surface area contributed by atoms with Crippen LogP contribution in [0.2, 0.25) is 0 Å². The van der Waals surface area contributed by atoms with Gasteiger partial charge in [-0.15, -0.1) is 0 Å². The van der Waals surface area contributed by atoms with Gasteiger partial charge < -0.3 is 4.74 Å². The highest BCUT2D eigenvalue weighted by Gasteiger charge is 1.96. The van der Waals surface area contributed by atoms with Crippen molar-refractivity contribution in [3.05, 3.63) is 65.9 Å². The van der Waals surface area contributed by atoms with E-state index >= 15 is 0 Å². The van der Waals surface area contributed by atoms with Crippen LogP contribution in [0.1, 0.15) is 5.56 Å². The summed E-state index contributed by atoms with van der Waals surface area (Å²) in [6.45, 7) is 0. The van der Waals surface area contributed by atoms with Crippen molar-refractivity contribution in [2.24, 2.45) is 0 Å². The highest BCUT2D eigenvalue weighted by molar-refractivity contribution is 6.59. The van der Waals surface area contributed by atoms with Gasteiger partial charge in [0.15, 0.2) is 0 Å². The van der Waals surface area contributed by atoms with Crippen molar-refractivity contribution in [3.63, 3.8) is 0 Å². The van der Waals surface area contributed by atoms with E-state index in [1.807, 2.05) is 24.3 Å². The minimum absolute atomic E-state index is 0.692. The molecule has 0 aliphatic heterocycles. The largest absolute Gasteiger partial charge is 0.496 e. The molecular weight excluding hydrogens is 224 g/mol. The molecule has 0 bridgehead atoms. The normalized spacial score (nSPS) is 10.6. The summed E-state index contributed by atoms with van der Waals surface area (Å²) in [6, 6.07) is 18.5. The summed E-state index contributed by atoms with van der Waals surface area (Å²) in [5.74, 6) is 0.918. The van der Waals surface area contributed by atoms with E-state index in [2.05, 4.69) is 42.1 Å². The molecule has 0 heterocycles. The molecule has 2 heteroatoms. The Morgan fingerprint density at radius 1 is 0.941 bits per heavy atom. The van der Waals surface area contributed by atoms with Crippen molar-refractivity contribution in [2.75, 3.05) is 7.11 Å². The Kier molecular flexibility index (Phi) is 4.16. The number of ether oxygens (including phenoxy) is 1. The molecule has 0 N–H and O–H groups in total. The topological polar surface area (TPSA) is 9.23 Å². The lowest BCUT2D eigenvalue weighted by Crippen LogP contribution is -2.10. The number of methoxy groups -OCH3 is 1. The van der Waals surface area contributed by atoms with E-state index in [4.69, 9.17) is 4.74 Å². The molecular formula is C15H14OSi. The van der Waals surface area contributed by atoms with Gasteiger partial charge in [-0.05, 0) is 6.07 Å². The quantitative estimate of drug-likeness (QED) is 0.744. The second kappa shape index (κ2) is 6.06. The first-order valence-electron chi connectivity index (χ1n) is 5.51. The molecule has 0 saturated heterocycles. The minimum Gasteiger partial charge on any atom is -0.496 e. The number of benzene rings is 2. The van der Waals surface area contributed by atoms with Crippen LogP contribution in [0.15, 0.2) is 60.3 Å². The van der Waals surface area contributed by atoms with Crippen molar-refractivity contribution in [1.82, 2.24) is 0 Å². The van der Waals surface area contributed by atoms with Crippen LogP contribution in [-0.2, 0) is 0 Å². The van der Waals surface area contributed by atoms with Crippen molar-refractivity contribution >= 4 is 20.8 Å². The summed E-state index contributed by atoms with van der Waals surface area (Å²) < 4.78 is 5.30. The van der Waals surface area contributed by atoms with E-state index in [0.717, 1.165) is 11.3 Å². The zero-order valence-corrected chi connectivity index (χ0v) is 10.8. The van der Waals surface area contributed by atoms with E-state index in [-0.39, 0.29) is 0 Å². The summed E-state index contributed by atoms with van der Waals surface area (Å²) >= 11 is 0. The maximum Gasteiger partial charge on any atom is 0.126 e. The van der Waals surface area contributed by atoms with E-state index in [9.17, 15) is 0 Å². The van der Waals surface area contributed by atoms with Crippen LogP contribution in [0.5, 0.6) is 5.75 Å². The van der Waals surface area contributed by atoms with Crippen LogP contribution in [0, 0.1) is 0 Å². The van der Waals surface area contributed by atoms with E-state index < -0.39 is 0 Å². The summed E-state index contributed by atoms with van der Waals surface area (Å²) in [5, 5.41) is 1.35. The predicted octanol–water partition coefficient (Wildman–Crippen LogP) is 2.70. The molecule has 0 unspecified atom stereocenters. The van der Waals surface area contributed by atoms with Crippen molar-refractivity contribution in [2.45, 2.75) is 0 Å². The van der Waals surface area contributed by atoms with Crippen LogP contribution >= 0.6 is 0 Å². The maximum atomic E-state index is 5.30. The lowest BCUT2D eigenvalue weighted by Gasteiger charge is -2.03. The van der Waals surface area contributed by atoms with Gasteiger partial charge in [0.25, 0.3) is 0 Å². The first-order valence-corrected chi connectivity index (χ1v) is 6.59. The van der Waals surface area contributed by atoms with Gasteiger partial charge in [-0.2, -0.15) is 0 Å².